The lowest BCUT2D eigenvalue weighted by atomic mass is 10.0. The largest absolute Gasteiger partial charge is 0.466 e. The van der Waals surface area contributed by atoms with Gasteiger partial charge in [0, 0.05) is 12.8 Å². The minimum absolute atomic E-state index is 0.0108. The molecule has 0 radical (unpaired) electrons. The van der Waals surface area contributed by atoms with Crippen molar-refractivity contribution < 1.29 is 24.5 Å². The Morgan fingerprint density at radius 3 is 0.963 bits per heavy atom. The maximum atomic E-state index is 12.6. The summed E-state index contributed by atoms with van der Waals surface area (Å²) in [5, 5.41) is 23.5. The van der Waals surface area contributed by atoms with E-state index in [1.165, 1.54) is 334 Å². The van der Waals surface area contributed by atoms with E-state index in [1.54, 1.807) is 0 Å². The monoisotopic (exact) mass is 1140 g/mol. The molecule has 2 atom stereocenters. The second-order valence-electron chi connectivity index (χ2n) is 25.6. The molecule has 0 aliphatic carbocycles. The van der Waals surface area contributed by atoms with Crippen LogP contribution in [0.15, 0.2) is 24.3 Å². The number of rotatable bonds is 70. The third kappa shape index (κ3) is 67.3. The average Bonchev–Trinajstić information content (AvgIpc) is 3.47. The fourth-order valence-electron chi connectivity index (χ4n) is 11.9. The van der Waals surface area contributed by atoms with Gasteiger partial charge in [-0.05, 0) is 57.8 Å². The highest BCUT2D eigenvalue weighted by molar-refractivity contribution is 5.76. The lowest BCUT2D eigenvalue weighted by molar-refractivity contribution is -0.143. The molecule has 0 aromatic carbocycles. The van der Waals surface area contributed by atoms with Gasteiger partial charge in [0.1, 0.15) is 0 Å². The number of aliphatic hydroxyl groups is 2. The summed E-state index contributed by atoms with van der Waals surface area (Å²) in [6.45, 7) is 4.97. The first kappa shape index (κ1) is 79.3. The van der Waals surface area contributed by atoms with Crippen molar-refractivity contribution in [3.63, 3.8) is 0 Å². The van der Waals surface area contributed by atoms with Crippen LogP contribution in [0.3, 0.4) is 0 Å². The minimum Gasteiger partial charge on any atom is -0.466 e. The summed E-state index contributed by atoms with van der Waals surface area (Å²) < 4.78 is 5.51. The number of amides is 1. The fraction of sp³-hybridized carbons (Fsp3) is 0.920. The van der Waals surface area contributed by atoms with Crippen LogP contribution in [0, 0.1) is 0 Å². The molecule has 0 heterocycles. The van der Waals surface area contributed by atoms with E-state index >= 15 is 0 Å². The summed E-state index contributed by atoms with van der Waals surface area (Å²) in [6, 6.07) is -0.543. The standard InChI is InChI=1S/C75H145NO5/c1-3-5-7-9-11-13-15-17-19-21-23-24-25-28-32-35-39-43-47-51-55-59-63-67-73(78)72(71-77)76-74(79)68-64-60-56-52-48-44-40-36-33-29-26-27-30-34-38-42-46-50-54-58-62-66-70-81-75(80)69-65-61-57-53-49-45-41-37-31-22-20-18-16-14-12-10-8-6-4-2/h12,14,18,20,72-73,77-78H,3-11,13,15-17,19,21-71H2,1-2H3,(H,76,79)/b14-12-,20-18-. The number of unbranched alkanes of at least 4 members (excludes halogenated alkanes) is 55. The van der Waals surface area contributed by atoms with Gasteiger partial charge in [-0.2, -0.15) is 0 Å². The molecule has 2 unspecified atom stereocenters. The van der Waals surface area contributed by atoms with E-state index in [9.17, 15) is 19.8 Å². The molecule has 0 bridgehead atoms. The minimum atomic E-state index is -0.666. The summed E-state index contributed by atoms with van der Waals surface area (Å²) in [5.41, 5.74) is 0. The topological polar surface area (TPSA) is 95.9 Å². The van der Waals surface area contributed by atoms with Gasteiger partial charge in [-0.25, -0.2) is 0 Å². The molecule has 0 spiro atoms. The Kier molecular flexibility index (Phi) is 69.4. The molecule has 0 aliphatic rings. The molecule has 0 fully saturated rings. The van der Waals surface area contributed by atoms with Crippen molar-refractivity contribution in [2.24, 2.45) is 0 Å². The number of carbonyl (C=O) groups excluding carboxylic acids is 2. The van der Waals surface area contributed by atoms with Crippen LogP contribution < -0.4 is 5.32 Å². The number of esters is 1. The lowest BCUT2D eigenvalue weighted by Gasteiger charge is -2.22. The van der Waals surface area contributed by atoms with Gasteiger partial charge in [-0.1, -0.05) is 372 Å². The number of allylic oxidation sites excluding steroid dienone is 4. The number of carbonyl (C=O) groups is 2. The van der Waals surface area contributed by atoms with Crippen molar-refractivity contribution in [2.45, 2.75) is 431 Å². The number of aliphatic hydroxyl groups excluding tert-OH is 2. The van der Waals surface area contributed by atoms with Crippen molar-refractivity contribution in [3.8, 4) is 0 Å². The van der Waals surface area contributed by atoms with Crippen molar-refractivity contribution in [1.82, 2.24) is 5.32 Å². The lowest BCUT2D eigenvalue weighted by Crippen LogP contribution is -2.45. The highest BCUT2D eigenvalue weighted by Gasteiger charge is 2.20. The van der Waals surface area contributed by atoms with Crippen LogP contribution in [0.4, 0.5) is 0 Å². The van der Waals surface area contributed by atoms with Crippen LogP contribution >= 0.6 is 0 Å². The molecule has 3 N–H and O–H groups in total. The number of hydrogen-bond acceptors (Lipinski definition) is 5. The maximum absolute atomic E-state index is 12.6. The molecule has 1 amide bonds. The van der Waals surface area contributed by atoms with Gasteiger partial charge >= 0.3 is 5.97 Å². The van der Waals surface area contributed by atoms with Gasteiger partial charge < -0.3 is 20.3 Å². The molecule has 480 valence electrons. The molecule has 6 nitrogen and oxygen atoms in total. The Morgan fingerprint density at radius 1 is 0.346 bits per heavy atom. The zero-order valence-corrected chi connectivity index (χ0v) is 55.0. The summed E-state index contributed by atoms with van der Waals surface area (Å²) in [4.78, 5) is 24.7. The van der Waals surface area contributed by atoms with E-state index < -0.39 is 12.1 Å². The second kappa shape index (κ2) is 70.8. The van der Waals surface area contributed by atoms with Gasteiger partial charge in [0.25, 0.3) is 0 Å². The zero-order valence-electron chi connectivity index (χ0n) is 55.0. The average molecular weight is 1140 g/mol. The highest BCUT2D eigenvalue weighted by atomic mass is 16.5. The van der Waals surface area contributed by atoms with Crippen LogP contribution in [0.25, 0.3) is 0 Å². The first-order valence-corrected chi connectivity index (χ1v) is 37.1. The molecule has 0 saturated carbocycles. The normalized spacial score (nSPS) is 12.6. The van der Waals surface area contributed by atoms with Crippen LogP contribution in [0.2, 0.25) is 0 Å². The third-order valence-electron chi connectivity index (χ3n) is 17.5. The SMILES string of the molecule is CCCCC/C=C\C/C=C\CCCCCCCCCCCC(=O)OCCCCCCCCCCCCCCCCCCCCCCCCC(=O)NC(CO)C(O)CCCCCCCCCCCCCCCCCCCCCCCCC. The molecular formula is C75H145NO5. The van der Waals surface area contributed by atoms with E-state index in [0.717, 1.165) is 51.4 Å². The van der Waals surface area contributed by atoms with Gasteiger partial charge in [-0.15, -0.1) is 0 Å². The predicted molar refractivity (Wildman–Crippen MR) is 356 cm³/mol. The molecule has 0 aromatic rings. The van der Waals surface area contributed by atoms with E-state index in [0.29, 0.717) is 25.9 Å². The highest BCUT2D eigenvalue weighted by Crippen LogP contribution is 2.20. The molecular weight excluding hydrogens is 995 g/mol. The number of hydrogen-bond donors (Lipinski definition) is 3. The van der Waals surface area contributed by atoms with Crippen molar-refractivity contribution >= 4 is 11.9 Å². The van der Waals surface area contributed by atoms with Gasteiger partial charge in [0.2, 0.25) is 5.91 Å². The van der Waals surface area contributed by atoms with E-state index in [1.807, 2.05) is 0 Å². The van der Waals surface area contributed by atoms with Gasteiger partial charge in [0.05, 0.1) is 25.4 Å². The van der Waals surface area contributed by atoms with Crippen LogP contribution in [0.1, 0.15) is 418 Å². The van der Waals surface area contributed by atoms with Gasteiger partial charge in [0.15, 0.2) is 0 Å². The molecule has 81 heavy (non-hydrogen) atoms. The van der Waals surface area contributed by atoms with Crippen LogP contribution in [-0.4, -0.2) is 47.4 Å². The third-order valence-corrected chi connectivity index (χ3v) is 17.5. The molecule has 0 rings (SSSR count). The number of ether oxygens (including phenoxy) is 1. The molecule has 0 aliphatic heterocycles. The molecule has 6 heteroatoms. The first-order chi connectivity index (χ1) is 40.0. The summed E-state index contributed by atoms with van der Waals surface area (Å²) in [7, 11) is 0. The Bertz CT molecular complexity index is 1270. The van der Waals surface area contributed by atoms with E-state index in [-0.39, 0.29) is 18.5 Å². The number of nitrogens with one attached hydrogen (secondary N) is 1. The fourth-order valence-corrected chi connectivity index (χ4v) is 11.9. The van der Waals surface area contributed by atoms with Crippen LogP contribution in [0.5, 0.6) is 0 Å². The summed E-state index contributed by atoms with van der Waals surface area (Å²) in [6.07, 6.45) is 89.4. The summed E-state index contributed by atoms with van der Waals surface area (Å²) >= 11 is 0. The van der Waals surface area contributed by atoms with Crippen LogP contribution in [-0.2, 0) is 14.3 Å². The maximum Gasteiger partial charge on any atom is 0.305 e. The smallest absolute Gasteiger partial charge is 0.305 e. The first-order valence-electron chi connectivity index (χ1n) is 37.1. The Hall–Kier alpha value is -1.66. The summed E-state index contributed by atoms with van der Waals surface area (Å²) in [5.74, 6) is -0.0193. The molecule has 0 saturated heterocycles. The van der Waals surface area contributed by atoms with Crippen molar-refractivity contribution in [2.75, 3.05) is 13.2 Å². The Balaban J connectivity index is 3.37. The van der Waals surface area contributed by atoms with Gasteiger partial charge in [-0.3, -0.25) is 9.59 Å². The van der Waals surface area contributed by atoms with E-state index in [2.05, 4.69) is 43.5 Å². The quantitative estimate of drug-likeness (QED) is 0.0320. The van der Waals surface area contributed by atoms with Crippen molar-refractivity contribution in [1.29, 1.82) is 0 Å². The molecule has 0 aromatic heterocycles. The van der Waals surface area contributed by atoms with E-state index in [4.69, 9.17) is 4.74 Å². The Morgan fingerprint density at radius 2 is 0.617 bits per heavy atom. The zero-order chi connectivity index (χ0) is 58.5. The predicted octanol–water partition coefficient (Wildman–Crippen LogP) is 24.1. The second-order valence-corrected chi connectivity index (χ2v) is 25.6. The van der Waals surface area contributed by atoms with Crippen molar-refractivity contribution in [3.05, 3.63) is 24.3 Å². The Labute approximate surface area is 507 Å².